The number of ether oxygens (including phenoxy) is 1. The molecule has 4 atom stereocenters. The van der Waals surface area contributed by atoms with Gasteiger partial charge in [-0.1, -0.05) is 13.0 Å². The minimum Gasteiger partial charge on any atom is -0.508 e. The third-order valence-electron chi connectivity index (χ3n) is 5.28. The molecule has 3 N–H and O–H groups in total. The lowest BCUT2D eigenvalue weighted by molar-refractivity contribution is -0.143. The first kappa shape index (κ1) is 25.5. The number of hydrogen-bond donors (Lipinski definition) is 3. The summed E-state index contributed by atoms with van der Waals surface area (Å²) in [5, 5.41) is 15.5. The van der Waals surface area contributed by atoms with E-state index in [0.29, 0.717) is 11.1 Å². The standard InChI is InChI=1S/C24H37N3O5/c1-13(2)25-21(29)20(17-9-10-19(28)15(4)11-17)27(18-12-14(18)3)22(30)16(5)26-23(31)32-24(6,7)8/h9-11,13-14,16,18,20,28H,12H2,1-8H3,(H,25,29)(H,26,31). The van der Waals surface area contributed by atoms with E-state index in [0.717, 1.165) is 6.42 Å². The zero-order valence-corrected chi connectivity index (χ0v) is 20.4. The van der Waals surface area contributed by atoms with Crippen LogP contribution in [0.4, 0.5) is 4.79 Å². The monoisotopic (exact) mass is 447 g/mol. The third-order valence-corrected chi connectivity index (χ3v) is 5.28. The minimum absolute atomic E-state index is 0.117. The summed E-state index contributed by atoms with van der Waals surface area (Å²) in [6, 6.07) is 2.90. The number of alkyl carbamates (subject to hydrolysis) is 1. The highest BCUT2D eigenvalue weighted by atomic mass is 16.6. The van der Waals surface area contributed by atoms with Crippen LogP contribution in [0.2, 0.25) is 0 Å². The summed E-state index contributed by atoms with van der Waals surface area (Å²) < 4.78 is 5.28. The number of carbonyl (C=O) groups excluding carboxylic acids is 3. The van der Waals surface area contributed by atoms with E-state index in [9.17, 15) is 19.5 Å². The lowest BCUT2D eigenvalue weighted by Gasteiger charge is -2.34. The summed E-state index contributed by atoms with van der Waals surface area (Å²) in [6.07, 6.45) is 0.0822. The Morgan fingerprint density at radius 3 is 2.22 bits per heavy atom. The van der Waals surface area contributed by atoms with E-state index in [1.54, 1.807) is 51.7 Å². The van der Waals surface area contributed by atoms with Gasteiger partial charge < -0.3 is 25.4 Å². The number of phenols is 1. The number of nitrogens with zero attached hydrogens (tertiary/aromatic N) is 1. The number of carbonyl (C=O) groups is 3. The number of aromatic hydroxyl groups is 1. The number of aryl methyl sites for hydroxylation is 1. The van der Waals surface area contributed by atoms with E-state index < -0.39 is 23.8 Å². The molecule has 4 unspecified atom stereocenters. The van der Waals surface area contributed by atoms with Crippen LogP contribution >= 0.6 is 0 Å². The second-order valence-electron chi connectivity index (χ2n) is 10.0. The van der Waals surface area contributed by atoms with Gasteiger partial charge in [0.05, 0.1) is 0 Å². The van der Waals surface area contributed by atoms with Crippen LogP contribution in [0.25, 0.3) is 0 Å². The molecule has 0 saturated heterocycles. The van der Waals surface area contributed by atoms with Crippen LogP contribution in [0.15, 0.2) is 18.2 Å². The summed E-state index contributed by atoms with van der Waals surface area (Å²) in [6.45, 7) is 14.3. The maximum atomic E-state index is 13.6. The van der Waals surface area contributed by atoms with Crippen molar-refractivity contribution in [1.29, 1.82) is 0 Å². The molecule has 3 amide bonds. The van der Waals surface area contributed by atoms with Gasteiger partial charge in [-0.25, -0.2) is 4.79 Å². The van der Waals surface area contributed by atoms with Crippen LogP contribution < -0.4 is 10.6 Å². The smallest absolute Gasteiger partial charge is 0.408 e. The second kappa shape index (κ2) is 9.79. The van der Waals surface area contributed by atoms with Crippen molar-refractivity contribution in [1.82, 2.24) is 15.5 Å². The van der Waals surface area contributed by atoms with Crippen LogP contribution in [-0.2, 0) is 14.3 Å². The van der Waals surface area contributed by atoms with Gasteiger partial charge in [0.2, 0.25) is 11.8 Å². The predicted octanol–water partition coefficient (Wildman–Crippen LogP) is 3.42. The Morgan fingerprint density at radius 2 is 1.75 bits per heavy atom. The quantitative estimate of drug-likeness (QED) is 0.594. The maximum Gasteiger partial charge on any atom is 0.408 e. The summed E-state index contributed by atoms with van der Waals surface area (Å²) in [4.78, 5) is 40.7. The van der Waals surface area contributed by atoms with Crippen LogP contribution in [-0.4, -0.2) is 51.6 Å². The van der Waals surface area contributed by atoms with Crippen molar-refractivity contribution in [3.05, 3.63) is 29.3 Å². The Balaban J connectivity index is 2.40. The molecule has 0 aliphatic heterocycles. The number of rotatable bonds is 7. The fraction of sp³-hybridized carbons (Fsp3) is 0.625. The summed E-state index contributed by atoms with van der Waals surface area (Å²) >= 11 is 0. The van der Waals surface area contributed by atoms with Gasteiger partial charge in [0.1, 0.15) is 23.4 Å². The minimum atomic E-state index is -0.887. The molecule has 0 spiro atoms. The molecule has 1 aliphatic rings. The molecular formula is C24H37N3O5. The lowest BCUT2D eigenvalue weighted by atomic mass is 9.99. The van der Waals surface area contributed by atoms with Crippen LogP contribution in [0, 0.1) is 12.8 Å². The van der Waals surface area contributed by atoms with E-state index in [-0.39, 0.29) is 35.6 Å². The molecule has 1 saturated carbocycles. The van der Waals surface area contributed by atoms with E-state index in [1.165, 1.54) is 6.07 Å². The van der Waals surface area contributed by atoms with Crippen molar-refractivity contribution in [3.63, 3.8) is 0 Å². The maximum absolute atomic E-state index is 13.6. The van der Waals surface area contributed by atoms with Crippen molar-refractivity contribution < 1.29 is 24.2 Å². The summed E-state index contributed by atoms with van der Waals surface area (Å²) in [5.41, 5.74) is 0.525. The number of amides is 3. The number of phenolic OH excluding ortho intramolecular Hbond substituents is 1. The topological polar surface area (TPSA) is 108 Å². The molecule has 1 aromatic carbocycles. The van der Waals surface area contributed by atoms with E-state index in [1.807, 2.05) is 20.8 Å². The predicted molar refractivity (Wildman–Crippen MR) is 122 cm³/mol. The highest BCUT2D eigenvalue weighted by Crippen LogP contribution is 2.41. The lowest BCUT2D eigenvalue weighted by Crippen LogP contribution is -2.53. The van der Waals surface area contributed by atoms with Gasteiger partial charge in [0.15, 0.2) is 0 Å². The third kappa shape index (κ3) is 6.61. The van der Waals surface area contributed by atoms with Gasteiger partial charge in [0, 0.05) is 12.1 Å². The van der Waals surface area contributed by atoms with Crippen LogP contribution in [0.1, 0.15) is 72.1 Å². The molecule has 8 nitrogen and oxygen atoms in total. The molecule has 0 heterocycles. The average Bonchev–Trinajstić information content (AvgIpc) is 3.35. The van der Waals surface area contributed by atoms with E-state index in [4.69, 9.17) is 4.74 Å². The van der Waals surface area contributed by atoms with Gasteiger partial charge in [-0.2, -0.15) is 0 Å². The molecule has 1 aromatic rings. The SMILES string of the molecule is Cc1cc(C(C(=O)NC(C)C)N(C(=O)C(C)NC(=O)OC(C)(C)C)C2CC2C)ccc1O. The number of benzene rings is 1. The molecule has 178 valence electrons. The number of hydrogen-bond acceptors (Lipinski definition) is 5. The molecule has 0 radical (unpaired) electrons. The van der Waals surface area contributed by atoms with Gasteiger partial charge in [-0.15, -0.1) is 0 Å². The zero-order chi connectivity index (χ0) is 24.4. The fourth-order valence-electron chi connectivity index (χ4n) is 3.59. The highest BCUT2D eigenvalue weighted by Gasteiger charge is 2.47. The van der Waals surface area contributed by atoms with E-state index in [2.05, 4.69) is 10.6 Å². The van der Waals surface area contributed by atoms with Crippen molar-refractivity contribution in [2.75, 3.05) is 0 Å². The largest absolute Gasteiger partial charge is 0.508 e. The Bertz CT molecular complexity index is 862. The van der Waals surface area contributed by atoms with Crippen molar-refractivity contribution in [3.8, 4) is 5.75 Å². The molecule has 2 rings (SSSR count). The fourth-order valence-corrected chi connectivity index (χ4v) is 3.59. The molecule has 32 heavy (non-hydrogen) atoms. The first-order valence-corrected chi connectivity index (χ1v) is 11.1. The van der Waals surface area contributed by atoms with Crippen molar-refractivity contribution in [2.24, 2.45) is 5.92 Å². The normalized spacial score (nSPS) is 19.7. The van der Waals surface area contributed by atoms with Crippen molar-refractivity contribution in [2.45, 2.75) is 91.6 Å². The van der Waals surface area contributed by atoms with Gasteiger partial charge in [-0.3, -0.25) is 9.59 Å². The molecule has 8 heteroatoms. The second-order valence-corrected chi connectivity index (χ2v) is 10.0. The molecule has 1 fully saturated rings. The Morgan fingerprint density at radius 1 is 1.16 bits per heavy atom. The zero-order valence-electron chi connectivity index (χ0n) is 20.4. The van der Waals surface area contributed by atoms with E-state index >= 15 is 0 Å². The number of nitrogens with one attached hydrogen (secondary N) is 2. The Labute approximate surface area is 190 Å². The molecule has 1 aliphatic carbocycles. The Kier molecular flexibility index (Phi) is 7.80. The van der Waals surface area contributed by atoms with Gasteiger partial charge in [-0.05, 0) is 84.1 Å². The first-order chi connectivity index (χ1) is 14.7. The summed E-state index contributed by atoms with van der Waals surface area (Å²) in [5.74, 6) is -0.309. The van der Waals surface area contributed by atoms with Gasteiger partial charge in [0.25, 0.3) is 0 Å². The average molecular weight is 448 g/mol. The molecule has 0 bridgehead atoms. The van der Waals surface area contributed by atoms with Crippen LogP contribution in [0.3, 0.4) is 0 Å². The summed E-state index contributed by atoms with van der Waals surface area (Å²) in [7, 11) is 0. The van der Waals surface area contributed by atoms with Gasteiger partial charge >= 0.3 is 6.09 Å². The van der Waals surface area contributed by atoms with Crippen LogP contribution in [0.5, 0.6) is 5.75 Å². The Hall–Kier alpha value is -2.77. The van der Waals surface area contributed by atoms with Crippen molar-refractivity contribution >= 4 is 17.9 Å². The highest BCUT2D eigenvalue weighted by molar-refractivity contribution is 5.92. The molecule has 0 aromatic heterocycles. The molecular weight excluding hydrogens is 410 g/mol. The first-order valence-electron chi connectivity index (χ1n) is 11.1.